The van der Waals surface area contributed by atoms with Crippen LogP contribution < -0.4 is 5.32 Å². The summed E-state index contributed by atoms with van der Waals surface area (Å²) < 4.78 is 49.6. The van der Waals surface area contributed by atoms with E-state index in [0.717, 1.165) is 17.5 Å². The molecule has 0 unspecified atom stereocenters. The van der Waals surface area contributed by atoms with Crippen LogP contribution in [0.3, 0.4) is 0 Å². The highest BCUT2D eigenvalue weighted by Gasteiger charge is 2.41. The number of ether oxygens (including phenoxy) is 1. The molecule has 2 fully saturated rings. The van der Waals surface area contributed by atoms with Gasteiger partial charge in [0.05, 0.1) is 6.10 Å². The smallest absolute Gasteiger partial charge is 0.221 e. The molecule has 2 heterocycles. The number of nitrogens with one attached hydrogen (secondary N) is 1. The van der Waals surface area contributed by atoms with Gasteiger partial charge in [-0.2, -0.15) is 4.31 Å². The molecule has 0 aliphatic carbocycles. The Hall–Kier alpha value is -1.84. The van der Waals surface area contributed by atoms with Crippen molar-refractivity contribution in [1.82, 2.24) is 9.62 Å². The van der Waals surface area contributed by atoms with Gasteiger partial charge in [-0.3, -0.25) is 0 Å². The molecule has 2 aliphatic heterocycles. The van der Waals surface area contributed by atoms with Crippen molar-refractivity contribution in [2.24, 2.45) is 0 Å². The minimum atomic E-state index is -3.64. The van der Waals surface area contributed by atoms with Crippen LogP contribution in [-0.4, -0.2) is 49.7 Å². The number of rotatable bonds is 8. The van der Waals surface area contributed by atoms with Crippen LogP contribution in [0.2, 0.25) is 0 Å². The highest BCUT2D eigenvalue weighted by atomic mass is 32.2. The highest BCUT2D eigenvalue weighted by molar-refractivity contribution is 7.89. The molecule has 0 saturated carbocycles. The summed E-state index contributed by atoms with van der Waals surface area (Å²) in [6, 6.07) is 14.2. The molecule has 0 bridgehead atoms. The van der Waals surface area contributed by atoms with Crippen molar-refractivity contribution in [2.45, 2.75) is 75.4 Å². The quantitative estimate of drug-likeness (QED) is 0.562. The second-order valence-corrected chi connectivity index (χ2v) is 11.9. The van der Waals surface area contributed by atoms with Gasteiger partial charge < -0.3 is 15.2 Å². The zero-order valence-electron chi connectivity index (χ0n) is 20.6. The summed E-state index contributed by atoms with van der Waals surface area (Å²) in [5.74, 6) is -0.407. The lowest BCUT2D eigenvalue weighted by molar-refractivity contribution is 0.0296. The topological polar surface area (TPSA) is 78.9 Å². The third-order valence-corrected chi connectivity index (χ3v) is 9.99. The first-order valence-electron chi connectivity index (χ1n) is 12.6. The second-order valence-electron chi connectivity index (χ2n) is 9.86. The third-order valence-electron chi connectivity index (χ3n) is 7.62. The van der Waals surface area contributed by atoms with E-state index in [2.05, 4.69) is 5.32 Å². The van der Waals surface area contributed by atoms with E-state index in [9.17, 15) is 13.5 Å². The maximum atomic E-state index is 15.5. The number of sulfonamides is 1. The molecule has 3 atom stereocenters. The fourth-order valence-corrected chi connectivity index (χ4v) is 7.43. The maximum Gasteiger partial charge on any atom is 0.221 e. The molecule has 8 heteroatoms. The molecule has 192 valence electrons. The van der Waals surface area contributed by atoms with Gasteiger partial charge in [-0.1, -0.05) is 49.4 Å². The maximum absolute atomic E-state index is 15.5. The van der Waals surface area contributed by atoms with Crippen molar-refractivity contribution in [3.05, 3.63) is 71.0 Å². The van der Waals surface area contributed by atoms with Crippen LogP contribution in [-0.2, 0) is 26.8 Å². The summed E-state index contributed by atoms with van der Waals surface area (Å²) >= 11 is 0. The minimum absolute atomic E-state index is 0.0109. The van der Waals surface area contributed by atoms with E-state index in [0.29, 0.717) is 51.0 Å². The van der Waals surface area contributed by atoms with E-state index in [1.54, 1.807) is 6.07 Å². The molecular formula is C27H37FN2O4S. The number of benzene rings is 2. The van der Waals surface area contributed by atoms with Gasteiger partial charge in [-0.25, -0.2) is 12.8 Å². The summed E-state index contributed by atoms with van der Waals surface area (Å²) in [7, 11) is -3.64. The zero-order valence-corrected chi connectivity index (χ0v) is 21.4. The first-order chi connectivity index (χ1) is 16.8. The van der Waals surface area contributed by atoms with E-state index in [-0.39, 0.29) is 12.6 Å². The molecule has 0 spiro atoms. The number of aliphatic hydroxyl groups excluding tert-OH is 1. The van der Waals surface area contributed by atoms with Crippen LogP contribution in [0.4, 0.5) is 4.39 Å². The van der Waals surface area contributed by atoms with Gasteiger partial charge in [0.25, 0.3) is 0 Å². The fourth-order valence-electron chi connectivity index (χ4n) is 5.24. The van der Waals surface area contributed by atoms with Crippen LogP contribution in [0.25, 0.3) is 0 Å². The Morgan fingerprint density at radius 2 is 1.89 bits per heavy atom. The molecular weight excluding hydrogens is 467 g/mol. The Bertz CT molecular complexity index is 1090. The summed E-state index contributed by atoms with van der Waals surface area (Å²) in [4.78, 5) is 0. The van der Waals surface area contributed by atoms with E-state index >= 15 is 4.39 Å². The van der Waals surface area contributed by atoms with E-state index < -0.39 is 32.7 Å². The van der Waals surface area contributed by atoms with Gasteiger partial charge >= 0.3 is 0 Å². The minimum Gasteiger partial charge on any atom is -0.392 e. The molecule has 2 aromatic rings. The van der Waals surface area contributed by atoms with Crippen LogP contribution in [0.1, 0.15) is 67.9 Å². The van der Waals surface area contributed by atoms with Crippen LogP contribution in [0.5, 0.6) is 0 Å². The molecule has 2 N–H and O–H groups in total. The first kappa shape index (κ1) is 26.2. The Morgan fingerprint density at radius 1 is 1.17 bits per heavy atom. The summed E-state index contributed by atoms with van der Waals surface area (Å²) in [6.07, 6.45) is 2.81. The highest BCUT2D eigenvalue weighted by Crippen LogP contribution is 2.39. The van der Waals surface area contributed by atoms with Crippen molar-refractivity contribution in [1.29, 1.82) is 0 Å². The van der Waals surface area contributed by atoms with Gasteiger partial charge in [-0.05, 0) is 56.2 Å². The van der Waals surface area contributed by atoms with Crippen molar-refractivity contribution in [3.8, 4) is 0 Å². The van der Waals surface area contributed by atoms with Crippen LogP contribution in [0, 0.1) is 5.82 Å². The third kappa shape index (κ3) is 5.62. The summed E-state index contributed by atoms with van der Waals surface area (Å²) in [5.41, 5.74) is 1.48. The largest absolute Gasteiger partial charge is 0.392 e. The molecule has 0 aromatic heterocycles. The molecule has 2 aromatic carbocycles. The molecule has 0 radical (unpaired) electrons. The SMILES string of the molecule is CC[C@@H](O)CNC1(c2ccc(CN3[C@@H](C)CC[C@H](c4ccccc4)S3(=O)=O)c(F)c2)CCOCC1. The Labute approximate surface area is 208 Å². The lowest BCUT2D eigenvalue weighted by Crippen LogP contribution is -2.49. The van der Waals surface area contributed by atoms with Gasteiger partial charge in [0.1, 0.15) is 11.1 Å². The normalized spacial score (nSPS) is 25.3. The number of hydrogen-bond donors (Lipinski definition) is 2. The zero-order chi connectivity index (χ0) is 25.1. The lowest BCUT2D eigenvalue weighted by Gasteiger charge is -2.40. The van der Waals surface area contributed by atoms with Crippen LogP contribution in [0.15, 0.2) is 48.5 Å². The average molecular weight is 505 g/mol. The van der Waals surface area contributed by atoms with Crippen LogP contribution >= 0.6 is 0 Å². The Balaban J connectivity index is 1.58. The summed E-state index contributed by atoms with van der Waals surface area (Å²) in [6.45, 7) is 5.37. The second kappa shape index (κ2) is 11.0. The molecule has 4 rings (SSSR count). The molecule has 0 amide bonds. The number of nitrogens with zero attached hydrogens (tertiary/aromatic N) is 1. The predicted molar refractivity (Wildman–Crippen MR) is 135 cm³/mol. The Morgan fingerprint density at radius 3 is 2.54 bits per heavy atom. The molecule has 2 aliphatic rings. The molecule has 6 nitrogen and oxygen atoms in total. The fraction of sp³-hybridized carbons (Fsp3) is 0.556. The summed E-state index contributed by atoms with van der Waals surface area (Å²) in [5, 5.41) is 12.9. The first-order valence-corrected chi connectivity index (χ1v) is 14.1. The van der Waals surface area contributed by atoms with Gasteiger partial charge in [0, 0.05) is 43.4 Å². The molecule has 2 saturated heterocycles. The van der Waals surface area contributed by atoms with E-state index in [4.69, 9.17) is 4.74 Å². The van der Waals surface area contributed by atoms with Gasteiger partial charge in [0.2, 0.25) is 10.0 Å². The standard InChI is InChI=1S/C27H37FN2O4S/c1-3-24(31)18-29-27(13-15-34-16-14-27)23-11-10-22(25(28)17-23)19-30-20(2)9-12-26(35(30,32)33)21-7-5-4-6-8-21/h4-8,10-11,17,20,24,26,29,31H,3,9,12-16,18-19H2,1-2H3/t20-,24+,26+/m0/s1. The number of aliphatic hydroxyl groups is 1. The average Bonchev–Trinajstić information content (AvgIpc) is 2.86. The monoisotopic (exact) mass is 504 g/mol. The van der Waals surface area contributed by atoms with Gasteiger partial charge in [0.15, 0.2) is 0 Å². The number of hydrogen-bond acceptors (Lipinski definition) is 5. The van der Waals surface area contributed by atoms with Crippen molar-refractivity contribution >= 4 is 10.0 Å². The Kier molecular flexibility index (Phi) is 8.28. The van der Waals surface area contributed by atoms with Crippen molar-refractivity contribution in [2.75, 3.05) is 19.8 Å². The number of halogens is 1. The van der Waals surface area contributed by atoms with E-state index in [1.807, 2.05) is 50.2 Å². The van der Waals surface area contributed by atoms with Crippen molar-refractivity contribution < 1.29 is 22.7 Å². The predicted octanol–water partition coefficient (Wildman–Crippen LogP) is 4.25. The van der Waals surface area contributed by atoms with Crippen molar-refractivity contribution in [3.63, 3.8) is 0 Å². The lowest BCUT2D eigenvalue weighted by atomic mass is 9.82. The molecule has 35 heavy (non-hydrogen) atoms. The van der Waals surface area contributed by atoms with Gasteiger partial charge in [-0.15, -0.1) is 0 Å². The van der Waals surface area contributed by atoms with E-state index in [1.165, 1.54) is 10.4 Å².